The lowest BCUT2D eigenvalue weighted by molar-refractivity contribution is -0.115. The Morgan fingerprint density at radius 1 is 1.30 bits per heavy atom. The molecule has 0 fully saturated rings. The first-order chi connectivity index (χ1) is 13.0. The summed E-state index contributed by atoms with van der Waals surface area (Å²) in [6, 6.07) is 12.6. The molecule has 1 unspecified atom stereocenters. The number of benzene rings is 2. The van der Waals surface area contributed by atoms with Crippen LogP contribution in [0.25, 0.3) is 10.9 Å². The molecule has 0 bridgehead atoms. The molecule has 1 heterocycles. The molecule has 0 saturated carbocycles. The summed E-state index contributed by atoms with van der Waals surface area (Å²) < 4.78 is 14.5. The summed E-state index contributed by atoms with van der Waals surface area (Å²) in [5.41, 5.74) is 0.911. The number of aromatic nitrogens is 2. The maximum atomic E-state index is 13.0. The number of thioether (sulfide) groups is 1. The topological polar surface area (TPSA) is 64.0 Å². The molecule has 138 valence electrons. The highest BCUT2D eigenvalue weighted by molar-refractivity contribution is 8.00. The molecule has 2 aromatic carbocycles. The molecular formula is C20H18FN3O2S. The summed E-state index contributed by atoms with van der Waals surface area (Å²) >= 11 is 1.19. The summed E-state index contributed by atoms with van der Waals surface area (Å²) in [5, 5.41) is 3.18. The van der Waals surface area contributed by atoms with Crippen LogP contribution in [-0.2, 0) is 11.3 Å². The monoisotopic (exact) mass is 383 g/mol. The standard InChI is InChI=1S/C20H18FN3O2S/c1-3-12-24-19(26)16-6-4-5-7-17(16)23-20(24)27-13(2)18(25)22-15-10-8-14(21)9-11-15/h3-11,13H,1,12H2,2H3,(H,22,25). The summed E-state index contributed by atoms with van der Waals surface area (Å²) in [4.78, 5) is 29.7. The Morgan fingerprint density at radius 3 is 2.70 bits per heavy atom. The predicted molar refractivity (Wildman–Crippen MR) is 107 cm³/mol. The third-order valence-electron chi connectivity index (χ3n) is 3.90. The van der Waals surface area contributed by atoms with Crippen LogP contribution < -0.4 is 10.9 Å². The van der Waals surface area contributed by atoms with Crippen LogP contribution in [0, 0.1) is 5.82 Å². The quantitative estimate of drug-likeness (QED) is 0.399. The number of nitrogens with one attached hydrogen (secondary N) is 1. The van der Waals surface area contributed by atoms with E-state index in [-0.39, 0.29) is 17.3 Å². The Labute approximate surface area is 159 Å². The molecule has 3 rings (SSSR count). The fourth-order valence-electron chi connectivity index (χ4n) is 2.52. The Morgan fingerprint density at radius 2 is 2.00 bits per heavy atom. The highest BCUT2D eigenvalue weighted by atomic mass is 32.2. The third kappa shape index (κ3) is 4.25. The number of hydrogen-bond acceptors (Lipinski definition) is 4. The van der Waals surface area contributed by atoms with E-state index in [0.29, 0.717) is 28.3 Å². The highest BCUT2D eigenvalue weighted by Crippen LogP contribution is 2.23. The van der Waals surface area contributed by atoms with Gasteiger partial charge >= 0.3 is 0 Å². The van der Waals surface area contributed by atoms with Crippen LogP contribution in [-0.4, -0.2) is 20.7 Å². The Hall–Kier alpha value is -2.93. The van der Waals surface area contributed by atoms with E-state index in [0.717, 1.165) is 0 Å². The average Bonchev–Trinajstić information content (AvgIpc) is 2.66. The molecule has 0 saturated heterocycles. The van der Waals surface area contributed by atoms with E-state index >= 15 is 0 Å². The minimum Gasteiger partial charge on any atom is -0.325 e. The first kappa shape index (κ1) is 18.8. The number of hydrogen-bond donors (Lipinski definition) is 1. The average molecular weight is 383 g/mol. The molecule has 1 atom stereocenters. The smallest absolute Gasteiger partial charge is 0.262 e. The van der Waals surface area contributed by atoms with Crippen LogP contribution in [0.4, 0.5) is 10.1 Å². The summed E-state index contributed by atoms with van der Waals surface area (Å²) in [7, 11) is 0. The van der Waals surface area contributed by atoms with Crippen LogP contribution in [0.15, 0.2) is 71.1 Å². The zero-order valence-corrected chi connectivity index (χ0v) is 15.5. The lowest BCUT2D eigenvalue weighted by Crippen LogP contribution is -2.26. The van der Waals surface area contributed by atoms with Crippen LogP contribution >= 0.6 is 11.8 Å². The third-order valence-corrected chi connectivity index (χ3v) is 4.99. The van der Waals surface area contributed by atoms with Gasteiger partial charge < -0.3 is 5.32 Å². The van der Waals surface area contributed by atoms with Gasteiger partial charge in [-0.25, -0.2) is 9.37 Å². The Kier molecular flexibility index (Phi) is 5.71. The van der Waals surface area contributed by atoms with E-state index in [1.165, 1.54) is 40.6 Å². The van der Waals surface area contributed by atoms with Crippen molar-refractivity contribution in [1.29, 1.82) is 0 Å². The maximum absolute atomic E-state index is 13.0. The van der Waals surface area contributed by atoms with Crippen molar-refractivity contribution in [2.75, 3.05) is 5.32 Å². The Balaban J connectivity index is 1.87. The van der Waals surface area contributed by atoms with Crippen LogP contribution in [0.2, 0.25) is 0 Å². The van der Waals surface area contributed by atoms with Crippen molar-refractivity contribution in [2.24, 2.45) is 0 Å². The van der Waals surface area contributed by atoms with Crippen LogP contribution in [0.5, 0.6) is 0 Å². The van der Waals surface area contributed by atoms with Gasteiger partial charge in [-0.1, -0.05) is 30.0 Å². The van der Waals surface area contributed by atoms with Gasteiger partial charge in [0.2, 0.25) is 5.91 Å². The van der Waals surface area contributed by atoms with Gasteiger partial charge in [0, 0.05) is 12.2 Å². The molecule has 7 heteroatoms. The van der Waals surface area contributed by atoms with Gasteiger partial charge in [-0.2, -0.15) is 0 Å². The molecule has 1 amide bonds. The molecule has 0 aliphatic carbocycles. The fourth-order valence-corrected chi connectivity index (χ4v) is 3.43. The normalized spacial score (nSPS) is 11.9. The number of rotatable bonds is 6. The minimum absolute atomic E-state index is 0.172. The van der Waals surface area contributed by atoms with Gasteiger partial charge in [-0.15, -0.1) is 6.58 Å². The van der Waals surface area contributed by atoms with Crippen molar-refractivity contribution < 1.29 is 9.18 Å². The molecule has 3 aromatic rings. The van der Waals surface area contributed by atoms with Crippen molar-refractivity contribution >= 4 is 34.3 Å². The second-order valence-electron chi connectivity index (χ2n) is 5.87. The number of fused-ring (bicyclic) bond motifs is 1. The SMILES string of the molecule is C=CCn1c(SC(C)C(=O)Nc2ccc(F)cc2)nc2ccccc2c1=O. The molecule has 0 spiro atoms. The van der Waals surface area contributed by atoms with Crippen molar-refractivity contribution in [1.82, 2.24) is 9.55 Å². The predicted octanol–water partition coefficient (Wildman–Crippen LogP) is 3.84. The molecule has 1 N–H and O–H groups in total. The number of halogens is 1. The van der Waals surface area contributed by atoms with Crippen molar-refractivity contribution in [2.45, 2.75) is 23.9 Å². The molecule has 0 aliphatic rings. The number of anilines is 1. The number of carbonyl (C=O) groups excluding carboxylic acids is 1. The largest absolute Gasteiger partial charge is 0.325 e. The van der Waals surface area contributed by atoms with Crippen molar-refractivity contribution in [3.8, 4) is 0 Å². The first-order valence-corrected chi connectivity index (χ1v) is 9.21. The van der Waals surface area contributed by atoms with E-state index < -0.39 is 5.25 Å². The van der Waals surface area contributed by atoms with Gasteiger partial charge in [0.15, 0.2) is 5.16 Å². The van der Waals surface area contributed by atoms with E-state index in [4.69, 9.17) is 0 Å². The van der Waals surface area contributed by atoms with Gasteiger partial charge in [-0.3, -0.25) is 14.2 Å². The fraction of sp³-hybridized carbons (Fsp3) is 0.150. The molecule has 0 radical (unpaired) electrons. The number of para-hydroxylation sites is 1. The Bertz CT molecular complexity index is 1050. The lowest BCUT2D eigenvalue weighted by atomic mass is 10.2. The van der Waals surface area contributed by atoms with Crippen molar-refractivity contribution in [3.63, 3.8) is 0 Å². The first-order valence-electron chi connectivity index (χ1n) is 8.33. The van der Waals surface area contributed by atoms with Gasteiger partial charge in [0.1, 0.15) is 5.82 Å². The van der Waals surface area contributed by atoms with E-state index in [9.17, 15) is 14.0 Å². The van der Waals surface area contributed by atoms with Crippen LogP contribution in [0.3, 0.4) is 0 Å². The molecular weight excluding hydrogens is 365 g/mol. The van der Waals surface area contributed by atoms with E-state index in [2.05, 4.69) is 16.9 Å². The summed E-state index contributed by atoms with van der Waals surface area (Å²) in [6.07, 6.45) is 1.62. The van der Waals surface area contributed by atoms with Gasteiger partial charge in [-0.05, 0) is 43.3 Å². The molecule has 5 nitrogen and oxygen atoms in total. The number of nitrogens with zero attached hydrogens (tertiary/aromatic N) is 2. The number of carbonyl (C=O) groups is 1. The second kappa shape index (κ2) is 8.18. The van der Waals surface area contributed by atoms with E-state index in [1.807, 2.05) is 6.07 Å². The molecule has 1 aromatic heterocycles. The number of amides is 1. The minimum atomic E-state index is -0.515. The maximum Gasteiger partial charge on any atom is 0.262 e. The summed E-state index contributed by atoms with van der Waals surface area (Å²) in [5.74, 6) is -0.636. The zero-order chi connectivity index (χ0) is 19.4. The summed E-state index contributed by atoms with van der Waals surface area (Å²) in [6.45, 7) is 5.71. The number of allylic oxidation sites excluding steroid dienone is 1. The zero-order valence-electron chi connectivity index (χ0n) is 14.7. The van der Waals surface area contributed by atoms with Gasteiger partial charge in [0.05, 0.1) is 16.2 Å². The highest BCUT2D eigenvalue weighted by Gasteiger charge is 2.19. The second-order valence-corrected chi connectivity index (χ2v) is 7.18. The van der Waals surface area contributed by atoms with Gasteiger partial charge in [0.25, 0.3) is 5.56 Å². The van der Waals surface area contributed by atoms with Crippen LogP contribution in [0.1, 0.15) is 6.92 Å². The van der Waals surface area contributed by atoms with E-state index in [1.54, 1.807) is 31.2 Å². The lowest BCUT2D eigenvalue weighted by Gasteiger charge is -2.15. The molecule has 0 aliphatic heterocycles. The van der Waals surface area contributed by atoms with Crippen molar-refractivity contribution in [3.05, 3.63) is 77.4 Å². The molecule has 27 heavy (non-hydrogen) atoms.